The van der Waals surface area contributed by atoms with E-state index in [9.17, 15) is 0 Å². The number of aromatic nitrogens is 1. The van der Waals surface area contributed by atoms with Gasteiger partial charge in [-0.25, -0.2) is 0 Å². The van der Waals surface area contributed by atoms with Gasteiger partial charge in [0.25, 0.3) is 0 Å². The third-order valence-electron chi connectivity index (χ3n) is 2.84. The quantitative estimate of drug-likeness (QED) is 0.741. The highest BCUT2D eigenvalue weighted by atomic mass is 79.9. The highest BCUT2D eigenvalue weighted by Crippen LogP contribution is 2.24. The molecule has 0 aliphatic rings. The van der Waals surface area contributed by atoms with Crippen LogP contribution in [0.25, 0.3) is 10.9 Å². The monoisotopic (exact) mass is 279 g/mol. The third-order valence-corrected chi connectivity index (χ3v) is 3.33. The number of nitrogens with zero attached hydrogens (tertiary/aromatic N) is 1. The predicted molar refractivity (Wildman–Crippen MR) is 73.7 cm³/mol. The molecular formula is C14H18BrN. The van der Waals surface area contributed by atoms with Crippen LogP contribution >= 0.6 is 15.9 Å². The van der Waals surface area contributed by atoms with Gasteiger partial charge in [-0.15, -0.1) is 0 Å². The number of rotatable bonds is 2. The zero-order valence-corrected chi connectivity index (χ0v) is 11.7. The molecule has 0 bridgehead atoms. The summed E-state index contributed by atoms with van der Waals surface area (Å²) in [6.45, 7) is 7.95. The summed E-state index contributed by atoms with van der Waals surface area (Å²) in [6.07, 6.45) is 3.38. The lowest BCUT2D eigenvalue weighted by Crippen LogP contribution is -2.09. The first-order valence-corrected chi connectivity index (χ1v) is 6.49. The minimum atomic E-state index is 0.395. The Hall–Kier alpha value is -0.760. The van der Waals surface area contributed by atoms with Gasteiger partial charge in [0, 0.05) is 28.1 Å². The minimum Gasteiger partial charge on any atom is -0.347 e. The van der Waals surface area contributed by atoms with E-state index in [0.717, 1.165) is 11.0 Å². The van der Waals surface area contributed by atoms with E-state index >= 15 is 0 Å². The lowest BCUT2D eigenvalue weighted by atomic mass is 9.92. The molecule has 0 fully saturated rings. The van der Waals surface area contributed by atoms with Gasteiger partial charge in [0.05, 0.1) is 0 Å². The van der Waals surface area contributed by atoms with Crippen LogP contribution < -0.4 is 0 Å². The zero-order chi connectivity index (χ0) is 11.8. The van der Waals surface area contributed by atoms with Crippen molar-refractivity contribution in [2.45, 2.75) is 33.7 Å². The number of fused-ring (bicyclic) bond motifs is 1. The van der Waals surface area contributed by atoms with Crippen LogP contribution in [0.4, 0.5) is 0 Å². The zero-order valence-electron chi connectivity index (χ0n) is 10.1. The Morgan fingerprint density at radius 1 is 1.19 bits per heavy atom. The van der Waals surface area contributed by atoms with Crippen molar-refractivity contribution < 1.29 is 0 Å². The summed E-state index contributed by atoms with van der Waals surface area (Å²) >= 11 is 3.50. The van der Waals surface area contributed by atoms with Crippen LogP contribution in [-0.2, 0) is 6.54 Å². The van der Waals surface area contributed by atoms with Gasteiger partial charge in [-0.1, -0.05) is 36.7 Å². The highest BCUT2D eigenvalue weighted by molar-refractivity contribution is 9.10. The Balaban J connectivity index is 2.25. The SMILES string of the molecule is CC(C)(C)CCn1ccc2cc(Br)ccc21. The first-order valence-electron chi connectivity index (χ1n) is 5.70. The maximum Gasteiger partial charge on any atom is 0.0481 e. The molecule has 1 aromatic heterocycles. The summed E-state index contributed by atoms with van der Waals surface area (Å²) in [5, 5.41) is 1.31. The van der Waals surface area contributed by atoms with Crippen LogP contribution in [0.3, 0.4) is 0 Å². The standard InChI is InChI=1S/C14H18BrN/c1-14(2,3)7-9-16-8-6-11-10-12(15)4-5-13(11)16/h4-6,8,10H,7,9H2,1-3H3. The molecule has 0 radical (unpaired) electrons. The second-order valence-corrected chi connectivity index (χ2v) is 6.44. The molecule has 0 aliphatic heterocycles. The van der Waals surface area contributed by atoms with Crippen molar-refractivity contribution in [3.05, 3.63) is 34.9 Å². The molecular weight excluding hydrogens is 262 g/mol. The molecule has 2 heteroatoms. The molecule has 0 amide bonds. The van der Waals surface area contributed by atoms with Crippen LogP contribution in [0.5, 0.6) is 0 Å². The summed E-state index contributed by atoms with van der Waals surface area (Å²) in [5.74, 6) is 0. The fraction of sp³-hybridized carbons (Fsp3) is 0.429. The number of halogens is 1. The van der Waals surface area contributed by atoms with Crippen LogP contribution in [0.1, 0.15) is 27.2 Å². The van der Waals surface area contributed by atoms with Crippen LogP contribution in [-0.4, -0.2) is 4.57 Å². The minimum absolute atomic E-state index is 0.395. The molecule has 0 saturated carbocycles. The average Bonchev–Trinajstić information content (AvgIpc) is 2.56. The summed E-state index contributed by atoms with van der Waals surface area (Å²) in [5.41, 5.74) is 1.72. The summed E-state index contributed by atoms with van der Waals surface area (Å²) in [7, 11) is 0. The fourth-order valence-electron chi connectivity index (χ4n) is 1.82. The van der Waals surface area contributed by atoms with E-state index in [1.54, 1.807) is 0 Å². The Morgan fingerprint density at radius 3 is 2.62 bits per heavy atom. The molecule has 0 spiro atoms. The molecule has 0 unspecified atom stereocenters. The van der Waals surface area contributed by atoms with Gasteiger partial charge >= 0.3 is 0 Å². The molecule has 1 aromatic carbocycles. The predicted octanol–water partition coefficient (Wildman–Crippen LogP) is 4.84. The van der Waals surface area contributed by atoms with E-state index in [-0.39, 0.29) is 0 Å². The molecule has 2 aromatic rings. The summed E-state index contributed by atoms with van der Waals surface area (Å²) < 4.78 is 3.49. The van der Waals surface area contributed by atoms with E-state index < -0.39 is 0 Å². The van der Waals surface area contributed by atoms with Crippen molar-refractivity contribution in [2.75, 3.05) is 0 Å². The van der Waals surface area contributed by atoms with Crippen molar-refractivity contribution in [1.29, 1.82) is 0 Å². The van der Waals surface area contributed by atoms with Crippen molar-refractivity contribution in [3.8, 4) is 0 Å². The smallest absolute Gasteiger partial charge is 0.0481 e. The number of hydrogen-bond donors (Lipinski definition) is 0. The molecule has 1 nitrogen and oxygen atoms in total. The maximum atomic E-state index is 3.50. The number of benzene rings is 1. The van der Waals surface area contributed by atoms with Crippen molar-refractivity contribution >= 4 is 26.8 Å². The van der Waals surface area contributed by atoms with Crippen LogP contribution in [0, 0.1) is 5.41 Å². The topological polar surface area (TPSA) is 4.93 Å². The van der Waals surface area contributed by atoms with Gasteiger partial charge in [-0.05, 0) is 36.1 Å². The van der Waals surface area contributed by atoms with E-state index in [1.807, 2.05) is 0 Å². The number of hydrogen-bond acceptors (Lipinski definition) is 0. The first kappa shape index (κ1) is 11.7. The van der Waals surface area contributed by atoms with E-state index in [1.165, 1.54) is 17.3 Å². The normalized spacial score (nSPS) is 12.2. The van der Waals surface area contributed by atoms with Gasteiger partial charge in [-0.2, -0.15) is 0 Å². The molecule has 0 N–H and O–H groups in total. The average molecular weight is 280 g/mol. The Morgan fingerprint density at radius 2 is 1.94 bits per heavy atom. The molecule has 2 rings (SSSR count). The van der Waals surface area contributed by atoms with Gasteiger partial charge < -0.3 is 4.57 Å². The Bertz CT molecular complexity index is 491. The van der Waals surface area contributed by atoms with E-state index in [4.69, 9.17) is 0 Å². The van der Waals surface area contributed by atoms with Crippen LogP contribution in [0.15, 0.2) is 34.9 Å². The van der Waals surface area contributed by atoms with Gasteiger partial charge in [0.15, 0.2) is 0 Å². The molecule has 0 aliphatic carbocycles. The Labute approximate surface area is 106 Å². The second-order valence-electron chi connectivity index (χ2n) is 5.52. The highest BCUT2D eigenvalue weighted by Gasteiger charge is 2.10. The summed E-state index contributed by atoms with van der Waals surface area (Å²) in [6, 6.07) is 8.64. The van der Waals surface area contributed by atoms with Crippen molar-refractivity contribution in [2.24, 2.45) is 5.41 Å². The fourth-order valence-corrected chi connectivity index (χ4v) is 2.20. The van der Waals surface area contributed by atoms with Crippen molar-refractivity contribution in [1.82, 2.24) is 4.57 Å². The van der Waals surface area contributed by atoms with Crippen molar-refractivity contribution in [3.63, 3.8) is 0 Å². The van der Waals surface area contributed by atoms with Gasteiger partial charge in [0.1, 0.15) is 0 Å². The molecule has 0 saturated heterocycles. The van der Waals surface area contributed by atoms with Gasteiger partial charge in [-0.3, -0.25) is 0 Å². The first-order chi connectivity index (χ1) is 7.46. The molecule has 1 heterocycles. The van der Waals surface area contributed by atoms with Gasteiger partial charge in [0.2, 0.25) is 0 Å². The Kier molecular flexibility index (Phi) is 3.11. The largest absolute Gasteiger partial charge is 0.347 e. The molecule has 16 heavy (non-hydrogen) atoms. The maximum absolute atomic E-state index is 3.50. The number of aryl methyl sites for hydroxylation is 1. The summed E-state index contributed by atoms with van der Waals surface area (Å²) in [4.78, 5) is 0. The lowest BCUT2D eigenvalue weighted by molar-refractivity contribution is 0.353. The molecule has 0 atom stereocenters. The third kappa shape index (κ3) is 2.67. The van der Waals surface area contributed by atoms with E-state index in [0.29, 0.717) is 5.41 Å². The van der Waals surface area contributed by atoms with Crippen LogP contribution in [0.2, 0.25) is 0 Å². The lowest BCUT2D eigenvalue weighted by Gasteiger charge is -2.18. The second kappa shape index (κ2) is 4.25. The van der Waals surface area contributed by atoms with E-state index in [2.05, 4.69) is 71.7 Å². The molecule has 86 valence electrons.